The van der Waals surface area contributed by atoms with Gasteiger partial charge in [-0.05, 0) is 36.4 Å². The summed E-state index contributed by atoms with van der Waals surface area (Å²) in [5, 5.41) is 4.06. The van der Waals surface area contributed by atoms with Gasteiger partial charge in [0.1, 0.15) is 5.82 Å². The number of nitrogens with zero attached hydrogens (tertiary/aromatic N) is 1. The summed E-state index contributed by atoms with van der Waals surface area (Å²) in [6, 6.07) is 6.61. The van der Waals surface area contributed by atoms with Gasteiger partial charge in [-0.25, -0.2) is 4.39 Å². The summed E-state index contributed by atoms with van der Waals surface area (Å²) < 4.78 is 13.9. The van der Waals surface area contributed by atoms with Crippen LogP contribution >= 0.6 is 22.9 Å². The SMILES string of the molecule is O=C(c1ccsc1)N(Cc1c(F)cccc1Cl)C1CC1. The van der Waals surface area contributed by atoms with Crippen molar-refractivity contribution in [1.82, 2.24) is 4.90 Å². The summed E-state index contributed by atoms with van der Waals surface area (Å²) >= 11 is 7.53. The van der Waals surface area contributed by atoms with Crippen LogP contribution in [0.15, 0.2) is 35.0 Å². The fourth-order valence-electron chi connectivity index (χ4n) is 2.16. The van der Waals surface area contributed by atoms with Gasteiger partial charge in [0.05, 0.1) is 12.1 Å². The quantitative estimate of drug-likeness (QED) is 0.822. The van der Waals surface area contributed by atoms with E-state index in [1.54, 1.807) is 23.1 Å². The van der Waals surface area contributed by atoms with Gasteiger partial charge in [-0.3, -0.25) is 4.79 Å². The van der Waals surface area contributed by atoms with Gasteiger partial charge in [0, 0.05) is 22.0 Å². The average Bonchev–Trinajstić information content (AvgIpc) is 3.11. The van der Waals surface area contributed by atoms with Crippen LogP contribution in [0, 0.1) is 5.82 Å². The minimum absolute atomic E-state index is 0.0481. The third-order valence-corrected chi connectivity index (χ3v) is 4.44. The molecule has 1 amide bonds. The molecule has 3 rings (SSSR count). The molecule has 0 saturated heterocycles. The lowest BCUT2D eigenvalue weighted by Crippen LogP contribution is -2.32. The number of thiophene rings is 1. The molecule has 1 fully saturated rings. The maximum absolute atomic E-state index is 13.9. The van der Waals surface area contributed by atoms with Crippen molar-refractivity contribution in [2.75, 3.05) is 0 Å². The van der Waals surface area contributed by atoms with E-state index in [9.17, 15) is 9.18 Å². The predicted octanol–water partition coefficient (Wildman–Crippen LogP) is 4.35. The molecule has 1 saturated carbocycles. The van der Waals surface area contributed by atoms with Crippen molar-refractivity contribution in [3.8, 4) is 0 Å². The van der Waals surface area contributed by atoms with Crippen molar-refractivity contribution >= 4 is 28.8 Å². The molecular formula is C15H13ClFNOS. The lowest BCUT2D eigenvalue weighted by atomic mass is 10.1. The van der Waals surface area contributed by atoms with E-state index >= 15 is 0 Å². The van der Waals surface area contributed by atoms with Gasteiger partial charge in [-0.15, -0.1) is 0 Å². The topological polar surface area (TPSA) is 20.3 Å². The third-order valence-electron chi connectivity index (χ3n) is 3.41. The molecule has 1 aliphatic rings. The lowest BCUT2D eigenvalue weighted by molar-refractivity contribution is 0.0729. The van der Waals surface area contributed by atoms with E-state index in [0.29, 0.717) is 16.1 Å². The van der Waals surface area contributed by atoms with Gasteiger partial charge in [0.15, 0.2) is 0 Å². The number of hydrogen-bond acceptors (Lipinski definition) is 2. The molecule has 1 aromatic carbocycles. The Morgan fingerprint density at radius 2 is 2.20 bits per heavy atom. The second-order valence-electron chi connectivity index (χ2n) is 4.88. The van der Waals surface area contributed by atoms with E-state index in [1.165, 1.54) is 17.4 Å². The Morgan fingerprint density at radius 3 is 2.80 bits per heavy atom. The molecule has 1 aliphatic carbocycles. The fraction of sp³-hybridized carbons (Fsp3) is 0.267. The van der Waals surface area contributed by atoms with Crippen molar-refractivity contribution in [3.05, 3.63) is 57.0 Å². The highest BCUT2D eigenvalue weighted by Crippen LogP contribution is 2.32. The largest absolute Gasteiger partial charge is 0.331 e. The zero-order chi connectivity index (χ0) is 14.1. The third kappa shape index (κ3) is 2.72. The molecule has 0 N–H and O–H groups in total. The van der Waals surface area contributed by atoms with Crippen molar-refractivity contribution in [2.45, 2.75) is 25.4 Å². The van der Waals surface area contributed by atoms with E-state index in [-0.39, 0.29) is 24.3 Å². The molecule has 0 unspecified atom stereocenters. The van der Waals surface area contributed by atoms with E-state index in [4.69, 9.17) is 11.6 Å². The van der Waals surface area contributed by atoms with Crippen LogP contribution in [0.5, 0.6) is 0 Å². The Balaban J connectivity index is 1.87. The van der Waals surface area contributed by atoms with Crippen LogP contribution in [-0.2, 0) is 6.54 Å². The molecule has 20 heavy (non-hydrogen) atoms. The summed E-state index contributed by atoms with van der Waals surface area (Å²) in [5.74, 6) is -0.408. The number of carbonyl (C=O) groups is 1. The number of benzene rings is 1. The van der Waals surface area contributed by atoms with Crippen molar-refractivity contribution in [2.24, 2.45) is 0 Å². The molecule has 0 aliphatic heterocycles. The molecule has 0 atom stereocenters. The van der Waals surface area contributed by atoms with Gasteiger partial charge in [-0.2, -0.15) is 11.3 Å². The van der Waals surface area contributed by atoms with Crippen LogP contribution in [0.3, 0.4) is 0 Å². The standard InChI is InChI=1S/C15H13ClFNOS/c16-13-2-1-3-14(17)12(13)8-18(11-4-5-11)15(19)10-6-7-20-9-10/h1-3,6-7,9,11H,4-5,8H2. The summed E-state index contributed by atoms with van der Waals surface area (Å²) in [5.41, 5.74) is 1.05. The monoisotopic (exact) mass is 309 g/mol. The zero-order valence-corrected chi connectivity index (χ0v) is 12.3. The molecule has 2 aromatic rings. The number of rotatable bonds is 4. The van der Waals surface area contributed by atoms with E-state index in [1.807, 2.05) is 10.8 Å². The Morgan fingerprint density at radius 1 is 1.40 bits per heavy atom. The molecular weight excluding hydrogens is 297 g/mol. The molecule has 1 heterocycles. The predicted molar refractivity (Wildman–Crippen MR) is 78.6 cm³/mol. The van der Waals surface area contributed by atoms with Gasteiger partial charge in [0.2, 0.25) is 0 Å². The summed E-state index contributed by atoms with van der Waals surface area (Å²) in [4.78, 5) is 14.2. The maximum atomic E-state index is 13.9. The molecule has 0 spiro atoms. The first-order valence-electron chi connectivity index (χ1n) is 6.43. The van der Waals surface area contributed by atoms with Crippen molar-refractivity contribution in [3.63, 3.8) is 0 Å². The van der Waals surface area contributed by atoms with Gasteiger partial charge in [-0.1, -0.05) is 17.7 Å². The van der Waals surface area contributed by atoms with E-state index < -0.39 is 0 Å². The average molecular weight is 310 g/mol. The van der Waals surface area contributed by atoms with Crippen LogP contribution in [0.1, 0.15) is 28.8 Å². The number of amides is 1. The fourth-order valence-corrected chi connectivity index (χ4v) is 3.01. The first-order valence-corrected chi connectivity index (χ1v) is 7.75. The van der Waals surface area contributed by atoms with E-state index in [0.717, 1.165) is 12.8 Å². The molecule has 1 aromatic heterocycles. The minimum atomic E-state index is -0.360. The van der Waals surface area contributed by atoms with Crippen LogP contribution in [-0.4, -0.2) is 16.8 Å². The zero-order valence-electron chi connectivity index (χ0n) is 10.7. The normalized spacial score (nSPS) is 14.3. The maximum Gasteiger partial charge on any atom is 0.255 e. The summed E-state index contributed by atoms with van der Waals surface area (Å²) in [7, 11) is 0. The highest BCUT2D eigenvalue weighted by molar-refractivity contribution is 7.08. The Hall–Kier alpha value is -1.39. The van der Waals surface area contributed by atoms with E-state index in [2.05, 4.69) is 0 Å². The minimum Gasteiger partial charge on any atom is -0.331 e. The van der Waals surface area contributed by atoms with Gasteiger partial charge >= 0.3 is 0 Å². The molecule has 5 heteroatoms. The first kappa shape index (κ1) is 13.6. The summed E-state index contributed by atoms with van der Waals surface area (Å²) in [6.07, 6.45) is 1.95. The van der Waals surface area contributed by atoms with Crippen LogP contribution in [0.25, 0.3) is 0 Å². The van der Waals surface area contributed by atoms with Gasteiger partial charge in [0.25, 0.3) is 5.91 Å². The lowest BCUT2D eigenvalue weighted by Gasteiger charge is -2.23. The highest BCUT2D eigenvalue weighted by atomic mass is 35.5. The van der Waals surface area contributed by atoms with Crippen molar-refractivity contribution in [1.29, 1.82) is 0 Å². The first-order chi connectivity index (χ1) is 9.66. The Kier molecular flexibility index (Phi) is 3.76. The molecule has 2 nitrogen and oxygen atoms in total. The highest BCUT2D eigenvalue weighted by Gasteiger charge is 2.34. The number of hydrogen-bond donors (Lipinski definition) is 0. The van der Waals surface area contributed by atoms with Crippen LogP contribution in [0.4, 0.5) is 4.39 Å². The van der Waals surface area contributed by atoms with Crippen molar-refractivity contribution < 1.29 is 9.18 Å². The Bertz CT molecular complexity index is 605. The molecule has 0 bridgehead atoms. The Labute approximate surface area is 125 Å². The van der Waals surface area contributed by atoms with Crippen LogP contribution < -0.4 is 0 Å². The smallest absolute Gasteiger partial charge is 0.255 e. The molecule has 0 radical (unpaired) electrons. The molecule has 104 valence electrons. The van der Waals surface area contributed by atoms with Gasteiger partial charge < -0.3 is 4.90 Å². The van der Waals surface area contributed by atoms with Crippen LogP contribution in [0.2, 0.25) is 5.02 Å². The second kappa shape index (κ2) is 5.54. The number of carbonyl (C=O) groups excluding carboxylic acids is 1. The second-order valence-corrected chi connectivity index (χ2v) is 6.06. The number of halogens is 2. The summed E-state index contributed by atoms with van der Waals surface area (Å²) in [6.45, 7) is 0.227.